The topological polar surface area (TPSA) is 67.9 Å². The van der Waals surface area contributed by atoms with Gasteiger partial charge in [-0.25, -0.2) is 0 Å². The summed E-state index contributed by atoms with van der Waals surface area (Å²) in [7, 11) is 1.72. The second-order valence-electron chi connectivity index (χ2n) is 9.94. The Morgan fingerprint density at radius 3 is 2.05 bits per heavy atom. The second-order valence-corrected chi connectivity index (χ2v) is 9.94. The highest BCUT2D eigenvalue weighted by Crippen LogP contribution is 2.46. The van der Waals surface area contributed by atoms with Gasteiger partial charge < -0.3 is 14.4 Å². The van der Waals surface area contributed by atoms with Crippen LogP contribution in [0.4, 0.5) is 5.69 Å². The van der Waals surface area contributed by atoms with Crippen LogP contribution in [-0.4, -0.2) is 31.6 Å². The maximum Gasteiger partial charge on any atom is 0.327 e. The molecular formula is C34H34N2O4. The number of carbonyl (C=O) groups excluding carboxylic acids is 2. The number of hydrogen-bond acceptors (Lipinski definition) is 5. The first-order valence-corrected chi connectivity index (χ1v) is 13.6. The number of benzene rings is 4. The van der Waals surface area contributed by atoms with E-state index >= 15 is 0 Å². The predicted octanol–water partition coefficient (Wildman–Crippen LogP) is 5.69. The summed E-state index contributed by atoms with van der Waals surface area (Å²) in [5.41, 5.74) is 3.53. The van der Waals surface area contributed by atoms with Crippen molar-refractivity contribution in [3.8, 4) is 0 Å². The molecule has 1 aliphatic rings. The molecule has 0 radical (unpaired) electrons. The number of anilines is 1. The van der Waals surface area contributed by atoms with Crippen molar-refractivity contribution in [1.29, 1.82) is 0 Å². The Balaban J connectivity index is 1.68. The highest BCUT2D eigenvalue weighted by atomic mass is 16.5. The first kappa shape index (κ1) is 27.3. The van der Waals surface area contributed by atoms with E-state index in [-0.39, 0.29) is 19.1 Å². The fraction of sp³-hybridized carbons (Fsp3) is 0.235. The standard InChI is InChI=1S/C34H34N2O4/c1-4-39-32(37)31(35-30(25-16-7-5-8-17-25)26-18-9-6-10-19-26)34(40-23-27-20-12-11-15-24(27)2)28-21-13-14-22-29(28)36(3)33(34)38/h5-22,30-31,35H,4,23H2,1-3H3/t31?,34-/m0/s1. The average Bonchev–Trinajstić information content (AvgIpc) is 3.20. The van der Waals surface area contributed by atoms with Gasteiger partial charge in [0.05, 0.1) is 24.9 Å². The van der Waals surface area contributed by atoms with Crippen molar-refractivity contribution < 1.29 is 19.1 Å². The van der Waals surface area contributed by atoms with Gasteiger partial charge in [-0.1, -0.05) is 103 Å². The highest BCUT2D eigenvalue weighted by molar-refractivity contribution is 6.09. The molecule has 4 aromatic rings. The number of carbonyl (C=O) groups is 2. The van der Waals surface area contributed by atoms with Crippen LogP contribution in [0, 0.1) is 6.92 Å². The van der Waals surface area contributed by atoms with Crippen LogP contribution in [0.25, 0.3) is 0 Å². The SMILES string of the molecule is CCOC(=O)C(NC(c1ccccc1)c1ccccc1)[C@]1(OCc2ccccc2C)C(=O)N(C)c2ccccc21. The molecule has 0 bridgehead atoms. The molecule has 1 N–H and O–H groups in total. The van der Waals surface area contributed by atoms with E-state index in [4.69, 9.17) is 9.47 Å². The molecule has 5 rings (SSSR count). The van der Waals surface area contributed by atoms with Crippen LogP contribution in [0.2, 0.25) is 0 Å². The van der Waals surface area contributed by atoms with Crippen LogP contribution in [0.3, 0.4) is 0 Å². The van der Waals surface area contributed by atoms with Crippen molar-refractivity contribution >= 4 is 17.6 Å². The quantitative estimate of drug-likeness (QED) is 0.265. The van der Waals surface area contributed by atoms with Crippen molar-refractivity contribution in [2.45, 2.75) is 38.1 Å². The van der Waals surface area contributed by atoms with Gasteiger partial charge in [-0.2, -0.15) is 0 Å². The third-order valence-corrected chi connectivity index (χ3v) is 7.53. The molecule has 1 amide bonds. The van der Waals surface area contributed by atoms with Gasteiger partial charge in [0.25, 0.3) is 5.91 Å². The molecule has 1 heterocycles. The maximum absolute atomic E-state index is 14.3. The lowest BCUT2D eigenvalue weighted by molar-refractivity contribution is -0.169. The molecule has 40 heavy (non-hydrogen) atoms. The largest absolute Gasteiger partial charge is 0.465 e. The van der Waals surface area contributed by atoms with Gasteiger partial charge in [-0.15, -0.1) is 0 Å². The third-order valence-electron chi connectivity index (χ3n) is 7.53. The van der Waals surface area contributed by atoms with Crippen LogP contribution in [0.5, 0.6) is 0 Å². The number of amides is 1. The number of nitrogens with zero attached hydrogens (tertiary/aromatic N) is 1. The second kappa shape index (κ2) is 11.9. The molecule has 0 aromatic heterocycles. The van der Waals surface area contributed by atoms with E-state index in [1.165, 1.54) is 0 Å². The molecule has 4 aromatic carbocycles. The molecule has 1 aliphatic heterocycles. The zero-order valence-electron chi connectivity index (χ0n) is 23.0. The van der Waals surface area contributed by atoms with E-state index in [1.54, 1.807) is 18.9 Å². The lowest BCUT2D eigenvalue weighted by Gasteiger charge is -2.38. The van der Waals surface area contributed by atoms with Gasteiger partial charge in [0.15, 0.2) is 5.60 Å². The summed E-state index contributed by atoms with van der Waals surface area (Å²) in [6, 6.07) is 33.6. The van der Waals surface area contributed by atoms with E-state index < -0.39 is 23.7 Å². The molecular weight excluding hydrogens is 500 g/mol. The summed E-state index contributed by atoms with van der Waals surface area (Å²) in [6.45, 7) is 4.07. The monoisotopic (exact) mass is 534 g/mol. The van der Waals surface area contributed by atoms with Crippen molar-refractivity contribution in [2.24, 2.45) is 0 Å². The number of hydrogen-bond donors (Lipinski definition) is 1. The Labute approximate surface area is 235 Å². The Hall–Kier alpha value is -4.26. The molecule has 6 heteroatoms. The molecule has 204 valence electrons. The molecule has 6 nitrogen and oxygen atoms in total. The summed E-state index contributed by atoms with van der Waals surface area (Å²) in [4.78, 5) is 29.9. The van der Waals surface area contributed by atoms with Gasteiger partial charge in [0, 0.05) is 12.6 Å². The van der Waals surface area contributed by atoms with Gasteiger partial charge in [0.1, 0.15) is 6.04 Å². The van der Waals surface area contributed by atoms with Crippen molar-refractivity contribution in [3.05, 3.63) is 137 Å². The predicted molar refractivity (Wildman–Crippen MR) is 156 cm³/mol. The molecule has 0 saturated heterocycles. The number of rotatable bonds is 10. The zero-order valence-corrected chi connectivity index (χ0v) is 23.0. The van der Waals surface area contributed by atoms with Crippen molar-refractivity contribution in [1.82, 2.24) is 5.32 Å². The summed E-state index contributed by atoms with van der Waals surface area (Å²) >= 11 is 0. The summed E-state index contributed by atoms with van der Waals surface area (Å²) < 4.78 is 12.4. The number of nitrogens with one attached hydrogen (secondary N) is 1. The smallest absolute Gasteiger partial charge is 0.327 e. The molecule has 1 unspecified atom stereocenters. The van der Waals surface area contributed by atoms with E-state index in [0.29, 0.717) is 11.3 Å². The molecule has 0 aliphatic carbocycles. The number of fused-ring (bicyclic) bond motifs is 1. The zero-order chi connectivity index (χ0) is 28.1. The van der Waals surface area contributed by atoms with E-state index in [0.717, 1.165) is 22.3 Å². The van der Waals surface area contributed by atoms with E-state index in [2.05, 4.69) is 5.32 Å². The highest BCUT2D eigenvalue weighted by Gasteiger charge is 2.59. The maximum atomic E-state index is 14.3. The van der Waals surface area contributed by atoms with Crippen molar-refractivity contribution in [2.75, 3.05) is 18.6 Å². The van der Waals surface area contributed by atoms with Gasteiger partial charge >= 0.3 is 5.97 Å². The molecule has 0 saturated carbocycles. The first-order valence-electron chi connectivity index (χ1n) is 13.6. The minimum absolute atomic E-state index is 0.138. The minimum atomic E-state index is -1.66. The van der Waals surface area contributed by atoms with Crippen LogP contribution < -0.4 is 10.2 Å². The van der Waals surface area contributed by atoms with Crippen LogP contribution in [0.1, 0.15) is 40.8 Å². The molecule has 0 fully saturated rings. The minimum Gasteiger partial charge on any atom is -0.465 e. The van der Waals surface area contributed by atoms with Crippen LogP contribution in [-0.2, 0) is 31.3 Å². The number of esters is 1. The van der Waals surface area contributed by atoms with E-state index in [9.17, 15) is 9.59 Å². The summed E-state index contributed by atoms with van der Waals surface area (Å²) in [5, 5.41) is 3.55. The van der Waals surface area contributed by atoms with E-state index in [1.807, 2.05) is 116 Å². The lowest BCUT2D eigenvalue weighted by Crippen LogP contribution is -2.60. The molecule has 2 atom stereocenters. The Morgan fingerprint density at radius 1 is 0.850 bits per heavy atom. The van der Waals surface area contributed by atoms with Crippen LogP contribution in [0.15, 0.2) is 109 Å². The number of aryl methyl sites for hydroxylation is 1. The summed E-state index contributed by atoms with van der Waals surface area (Å²) in [6.07, 6.45) is 0. The first-order chi connectivity index (χ1) is 19.5. The van der Waals surface area contributed by atoms with Gasteiger partial charge in [-0.05, 0) is 42.2 Å². The Morgan fingerprint density at radius 2 is 1.43 bits per heavy atom. The number of likely N-dealkylation sites (N-methyl/N-ethyl adjacent to an activating group) is 1. The van der Waals surface area contributed by atoms with Crippen LogP contribution >= 0.6 is 0 Å². The number of para-hydroxylation sites is 1. The average molecular weight is 535 g/mol. The fourth-order valence-electron chi connectivity index (χ4n) is 5.44. The van der Waals surface area contributed by atoms with Gasteiger partial charge in [0.2, 0.25) is 0 Å². The molecule has 0 spiro atoms. The normalized spacial score (nSPS) is 17.1. The number of ether oxygens (including phenoxy) is 2. The van der Waals surface area contributed by atoms with Crippen molar-refractivity contribution in [3.63, 3.8) is 0 Å². The summed E-state index contributed by atoms with van der Waals surface area (Å²) in [5.74, 6) is -0.879. The Kier molecular flexibility index (Phi) is 8.10. The van der Waals surface area contributed by atoms with Gasteiger partial charge in [-0.3, -0.25) is 14.9 Å². The Bertz CT molecular complexity index is 1430. The third kappa shape index (κ3) is 5.04. The lowest BCUT2D eigenvalue weighted by atomic mass is 9.85. The fourth-order valence-corrected chi connectivity index (χ4v) is 5.44.